The summed E-state index contributed by atoms with van der Waals surface area (Å²) in [7, 11) is -3.97. The van der Waals surface area contributed by atoms with E-state index in [9.17, 15) is 13.2 Å². The third-order valence-corrected chi connectivity index (χ3v) is 4.62. The van der Waals surface area contributed by atoms with Crippen LogP contribution in [0.2, 0.25) is 5.02 Å². The lowest BCUT2D eigenvalue weighted by atomic mass is 10.2. The molecule has 0 spiro atoms. The number of aromatic carboxylic acids is 1. The summed E-state index contributed by atoms with van der Waals surface area (Å²) < 4.78 is 31.7. The van der Waals surface area contributed by atoms with Crippen LogP contribution in [0, 0.1) is 6.92 Å². The minimum atomic E-state index is -3.97. The fraction of sp³-hybridized carbons (Fsp3) is 0.167. The van der Waals surface area contributed by atoms with Crippen LogP contribution in [0.15, 0.2) is 33.9 Å². The van der Waals surface area contributed by atoms with Crippen molar-refractivity contribution >= 4 is 27.6 Å². The molecule has 0 radical (unpaired) electrons. The van der Waals surface area contributed by atoms with E-state index in [2.05, 4.69) is 9.71 Å². The van der Waals surface area contributed by atoms with E-state index in [4.69, 9.17) is 21.1 Å². The van der Waals surface area contributed by atoms with Gasteiger partial charge in [-0.05, 0) is 25.1 Å². The smallest absolute Gasteiger partial charge is 0.335 e. The van der Waals surface area contributed by atoms with Crippen molar-refractivity contribution in [2.24, 2.45) is 0 Å². The van der Waals surface area contributed by atoms with Gasteiger partial charge in [-0.15, -0.1) is 0 Å². The summed E-state index contributed by atoms with van der Waals surface area (Å²) in [4.78, 5) is 14.4. The quantitative estimate of drug-likeness (QED) is 0.865. The molecule has 0 fully saturated rings. The zero-order chi connectivity index (χ0) is 15.6. The first-order chi connectivity index (χ1) is 9.81. The van der Waals surface area contributed by atoms with Crippen LogP contribution in [0.25, 0.3) is 0 Å². The van der Waals surface area contributed by atoms with Crippen LogP contribution in [0.4, 0.5) is 0 Å². The Bertz CT molecular complexity index is 785. The molecule has 0 unspecified atom stereocenters. The lowest BCUT2D eigenvalue weighted by molar-refractivity contribution is 0.0696. The molecule has 2 aromatic rings. The summed E-state index contributed by atoms with van der Waals surface area (Å²) >= 11 is 5.83. The van der Waals surface area contributed by atoms with E-state index in [-0.39, 0.29) is 22.0 Å². The van der Waals surface area contributed by atoms with Crippen molar-refractivity contribution in [1.82, 2.24) is 9.71 Å². The lowest BCUT2D eigenvalue weighted by Gasteiger charge is -2.08. The number of hydrogen-bond donors (Lipinski definition) is 2. The third-order valence-electron chi connectivity index (χ3n) is 2.74. The molecule has 0 saturated heterocycles. The van der Waals surface area contributed by atoms with E-state index in [1.54, 1.807) is 6.92 Å². The van der Waals surface area contributed by atoms with Crippen LogP contribution in [0.1, 0.15) is 21.8 Å². The van der Waals surface area contributed by atoms with Crippen LogP contribution < -0.4 is 4.72 Å². The fourth-order valence-corrected chi connectivity index (χ4v) is 3.08. The molecule has 9 heteroatoms. The molecule has 0 atom stereocenters. The number of halogens is 1. The van der Waals surface area contributed by atoms with E-state index in [0.717, 1.165) is 6.07 Å². The number of nitrogens with zero attached hydrogens (tertiary/aromatic N) is 1. The molecule has 21 heavy (non-hydrogen) atoms. The van der Waals surface area contributed by atoms with E-state index in [1.165, 1.54) is 18.5 Å². The second kappa shape index (κ2) is 5.84. The summed E-state index contributed by atoms with van der Waals surface area (Å²) in [6.45, 7) is 1.56. The average Bonchev–Trinajstić information content (AvgIpc) is 2.82. The van der Waals surface area contributed by atoms with Gasteiger partial charge >= 0.3 is 5.97 Å². The average molecular weight is 331 g/mol. The normalized spacial score (nSPS) is 11.5. The maximum Gasteiger partial charge on any atom is 0.335 e. The first-order valence-corrected chi connectivity index (χ1v) is 7.59. The van der Waals surface area contributed by atoms with Gasteiger partial charge in [0.15, 0.2) is 6.39 Å². The number of benzene rings is 1. The zero-order valence-electron chi connectivity index (χ0n) is 10.8. The first-order valence-electron chi connectivity index (χ1n) is 5.73. The first kappa shape index (κ1) is 15.5. The number of aromatic nitrogens is 1. The van der Waals surface area contributed by atoms with E-state index >= 15 is 0 Å². The Kier molecular flexibility index (Phi) is 4.31. The molecular weight excluding hydrogens is 320 g/mol. The number of carboxylic acid groups (broad SMARTS) is 1. The number of carbonyl (C=O) groups is 1. The molecule has 0 bridgehead atoms. The third kappa shape index (κ3) is 3.41. The molecule has 0 amide bonds. The van der Waals surface area contributed by atoms with Gasteiger partial charge in [-0.25, -0.2) is 22.9 Å². The summed E-state index contributed by atoms with van der Waals surface area (Å²) in [5, 5.41) is 8.83. The molecule has 0 aliphatic carbocycles. The summed E-state index contributed by atoms with van der Waals surface area (Å²) in [5.74, 6) is -0.877. The number of oxazole rings is 1. The van der Waals surface area contributed by atoms with Crippen LogP contribution in [0.3, 0.4) is 0 Å². The van der Waals surface area contributed by atoms with Crippen LogP contribution in [-0.4, -0.2) is 24.5 Å². The van der Waals surface area contributed by atoms with Gasteiger partial charge in [0.2, 0.25) is 10.0 Å². The summed E-state index contributed by atoms with van der Waals surface area (Å²) in [5.41, 5.74) is 0.388. The van der Waals surface area contributed by atoms with Crippen molar-refractivity contribution in [2.75, 3.05) is 0 Å². The van der Waals surface area contributed by atoms with Crippen molar-refractivity contribution < 1.29 is 22.7 Å². The highest BCUT2D eigenvalue weighted by Gasteiger charge is 2.20. The van der Waals surface area contributed by atoms with Gasteiger partial charge in [0.05, 0.1) is 22.8 Å². The Hall–Kier alpha value is -1.90. The van der Waals surface area contributed by atoms with Crippen molar-refractivity contribution in [3.63, 3.8) is 0 Å². The molecule has 1 aromatic heterocycles. The number of rotatable bonds is 5. The fourth-order valence-electron chi connectivity index (χ4n) is 1.58. The Morgan fingerprint density at radius 3 is 2.76 bits per heavy atom. The Morgan fingerprint density at radius 1 is 1.48 bits per heavy atom. The van der Waals surface area contributed by atoms with Gasteiger partial charge in [-0.3, -0.25) is 0 Å². The molecule has 2 rings (SSSR count). The van der Waals surface area contributed by atoms with E-state index < -0.39 is 16.0 Å². The maximum absolute atomic E-state index is 12.2. The summed E-state index contributed by atoms with van der Waals surface area (Å²) in [6, 6.07) is 3.45. The van der Waals surface area contributed by atoms with E-state index in [1.807, 2.05) is 0 Å². The van der Waals surface area contributed by atoms with Crippen LogP contribution >= 0.6 is 11.6 Å². The van der Waals surface area contributed by atoms with Crippen molar-refractivity contribution in [3.05, 3.63) is 46.6 Å². The molecule has 0 saturated carbocycles. The second-order valence-corrected chi connectivity index (χ2v) is 6.28. The minimum Gasteiger partial charge on any atom is -0.478 e. The second-order valence-electron chi connectivity index (χ2n) is 4.14. The van der Waals surface area contributed by atoms with Crippen LogP contribution in [0.5, 0.6) is 0 Å². The monoisotopic (exact) mass is 330 g/mol. The number of aryl methyl sites for hydroxylation is 1. The van der Waals surface area contributed by atoms with Gasteiger partial charge in [-0.2, -0.15) is 0 Å². The molecular formula is C12H11ClN2O5S. The highest BCUT2D eigenvalue weighted by Crippen LogP contribution is 2.23. The summed E-state index contributed by atoms with van der Waals surface area (Å²) in [6.07, 6.45) is 1.21. The maximum atomic E-state index is 12.2. The van der Waals surface area contributed by atoms with Gasteiger partial charge in [0.1, 0.15) is 10.7 Å². The lowest BCUT2D eigenvalue weighted by Crippen LogP contribution is -2.24. The highest BCUT2D eigenvalue weighted by atomic mass is 35.5. The standard InChI is InChI=1S/C12H11ClN2O5S/c1-7-10(20-6-14-7)5-15-21(18,19)11-4-8(12(16)17)2-3-9(11)13/h2-4,6,15H,5H2,1H3,(H,16,17). The molecule has 0 aliphatic heterocycles. The minimum absolute atomic E-state index is 0.0678. The highest BCUT2D eigenvalue weighted by molar-refractivity contribution is 7.89. The predicted octanol–water partition coefficient (Wildman–Crippen LogP) is 1.81. The number of carboxylic acids is 1. The SMILES string of the molecule is Cc1ncoc1CNS(=O)(=O)c1cc(C(=O)O)ccc1Cl. The molecule has 1 heterocycles. The topological polar surface area (TPSA) is 110 Å². The number of sulfonamides is 1. The van der Waals surface area contributed by atoms with Crippen molar-refractivity contribution in [2.45, 2.75) is 18.4 Å². The van der Waals surface area contributed by atoms with E-state index in [0.29, 0.717) is 11.5 Å². The molecule has 2 N–H and O–H groups in total. The zero-order valence-corrected chi connectivity index (χ0v) is 12.4. The number of hydrogen-bond acceptors (Lipinski definition) is 5. The molecule has 0 aliphatic rings. The van der Waals surface area contributed by atoms with Gasteiger partial charge < -0.3 is 9.52 Å². The molecule has 112 valence electrons. The van der Waals surface area contributed by atoms with Gasteiger partial charge in [0, 0.05) is 0 Å². The largest absolute Gasteiger partial charge is 0.478 e. The van der Waals surface area contributed by atoms with Crippen molar-refractivity contribution in [1.29, 1.82) is 0 Å². The number of nitrogens with one attached hydrogen (secondary N) is 1. The van der Waals surface area contributed by atoms with Gasteiger partial charge in [-0.1, -0.05) is 11.6 Å². The van der Waals surface area contributed by atoms with Crippen molar-refractivity contribution in [3.8, 4) is 0 Å². The Morgan fingerprint density at radius 2 is 2.19 bits per heavy atom. The molecule has 7 nitrogen and oxygen atoms in total. The Labute approximate surface area is 125 Å². The predicted molar refractivity (Wildman–Crippen MR) is 73.7 cm³/mol. The Balaban J connectivity index is 2.29. The van der Waals surface area contributed by atoms with Crippen LogP contribution in [-0.2, 0) is 16.6 Å². The van der Waals surface area contributed by atoms with Gasteiger partial charge in [0.25, 0.3) is 0 Å². The molecule has 1 aromatic carbocycles.